The van der Waals surface area contributed by atoms with Crippen LogP contribution in [0.5, 0.6) is 5.88 Å². The first-order chi connectivity index (χ1) is 9.66. The minimum absolute atomic E-state index is 0.521. The van der Waals surface area contributed by atoms with Gasteiger partial charge in [0.1, 0.15) is 11.4 Å². The number of hydrogen-bond acceptors (Lipinski definition) is 5. The first-order valence-corrected chi connectivity index (χ1v) is 7.92. The zero-order valence-electron chi connectivity index (χ0n) is 11.8. The van der Waals surface area contributed by atoms with Gasteiger partial charge in [0, 0.05) is 13.1 Å². The van der Waals surface area contributed by atoms with Crippen LogP contribution in [0.25, 0.3) is 5.57 Å². The number of hydrogen-bond donors (Lipinski definition) is 0. The second kappa shape index (κ2) is 5.77. The number of nitrogens with zero attached hydrogens (tertiary/aromatic N) is 3. The highest BCUT2D eigenvalue weighted by Crippen LogP contribution is 2.43. The zero-order chi connectivity index (χ0) is 14.0. The van der Waals surface area contributed by atoms with Gasteiger partial charge in [-0.25, -0.2) is 4.39 Å². The molecule has 4 nitrogen and oxygen atoms in total. The van der Waals surface area contributed by atoms with Crippen molar-refractivity contribution >= 4 is 17.3 Å². The van der Waals surface area contributed by atoms with E-state index in [1.807, 2.05) is 0 Å². The molecule has 0 radical (unpaired) electrons. The molecule has 1 saturated carbocycles. The fourth-order valence-corrected chi connectivity index (χ4v) is 3.01. The molecule has 2 aliphatic rings. The molecule has 1 aliphatic heterocycles. The molecule has 0 spiro atoms. The third-order valence-electron chi connectivity index (χ3n) is 3.90. The number of aromatic nitrogens is 2. The summed E-state index contributed by atoms with van der Waals surface area (Å²) in [6.45, 7) is 2.48. The smallest absolute Gasteiger partial charge is 0.253 e. The van der Waals surface area contributed by atoms with Crippen LogP contribution in [0.3, 0.4) is 0 Å². The largest absolute Gasteiger partial charge is 0.475 e. The van der Waals surface area contributed by atoms with Crippen molar-refractivity contribution in [1.29, 1.82) is 0 Å². The van der Waals surface area contributed by atoms with E-state index in [2.05, 4.69) is 26.8 Å². The van der Waals surface area contributed by atoms with Gasteiger partial charge in [-0.05, 0) is 44.7 Å². The lowest BCUT2D eigenvalue weighted by molar-refractivity contribution is 0.240. The van der Waals surface area contributed by atoms with Crippen LogP contribution in [0.2, 0.25) is 0 Å². The van der Waals surface area contributed by atoms with Crippen molar-refractivity contribution in [3.8, 4) is 5.88 Å². The summed E-state index contributed by atoms with van der Waals surface area (Å²) < 4.78 is 27.8. The van der Waals surface area contributed by atoms with Gasteiger partial charge in [0.05, 0.1) is 18.3 Å². The lowest BCUT2D eigenvalue weighted by Gasteiger charge is -2.22. The van der Waals surface area contributed by atoms with Gasteiger partial charge >= 0.3 is 0 Å². The van der Waals surface area contributed by atoms with E-state index in [1.54, 1.807) is 0 Å². The summed E-state index contributed by atoms with van der Waals surface area (Å²) >= 11 is 1.18. The highest BCUT2D eigenvalue weighted by atomic mass is 32.1. The van der Waals surface area contributed by atoms with E-state index < -0.39 is 5.67 Å². The van der Waals surface area contributed by atoms with Crippen molar-refractivity contribution in [2.75, 3.05) is 26.7 Å². The standard InChI is InChI=1S/C14H20FN3OS/c1-18-8-2-4-11(10-18)12-13(17-20-16-12)19-9-3-5-14(15)6-7-14/h4H,2-3,5-10H2,1H3. The van der Waals surface area contributed by atoms with E-state index in [4.69, 9.17) is 4.74 Å². The number of rotatable bonds is 6. The molecular weight excluding hydrogens is 277 g/mol. The van der Waals surface area contributed by atoms with E-state index in [0.29, 0.717) is 18.9 Å². The summed E-state index contributed by atoms with van der Waals surface area (Å²) in [5.41, 5.74) is 1.16. The first kappa shape index (κ1) is 13.9. The van der Waals surface area contributed by atoms with E-state index in [1.165, 1.54) is 17.3 Å². The lowest BCUT2D eigenvalue weighted by atomic mass is 10.1. The van der Waals surface area contributed by atoms with Gasteiger partial charge in [0.2, 0.25) is 0 Å². The quantitative estimate of drug-likeness (QED) is 0.757. The predicted octanol–water partition coefficient (Wildman–Crippen LogP) is 2.92. The Morgan fingerprint density at radius 2 is 2.30 bits per heavy atom. The predicted molar refractivity (Wildman–Crippen MR) is 77.8 cm³/mol. The zero-order valence-corrected chi connectivity index (χ0v) is 12.6. The van der Waals surface area contributed by atoms with E-state index in [9.17, 15) is 4.39 Å². The van der Waals surface area contributed by atoms with Crippen molar-refractivity contribution in [2.24, 2.45) is 0 Å². The maximum absolute atomic E-state index is 13.5. The van der Waals surface area contributed by atoms with Gasteiger partial charge in [0.15, 0.2) is 0 Å². The monoisotopic (exact) mass is 297 g/mol. The van der Waals surface area contributed by atoms with Gasteiger partial charge in [-0.3, -0.25) is 0 Å². The Labute approximate surface area is 123 Å². The minimum atomic E-state index is -0.888. The Kier molecular flexibility index (Phi) is 4.03. The molecule has 110 valence electrons. The molecule has 6 heteroatoms. The third-order valence-corrected chi connectivity index (χ3v) is 4.42. The molecule has 0 bridgehead atoms. The molecule has 3 rings (SSSR count). The Balaban J connectivity index is 1.54. The van der Waals surface area contributed by atoms with Crippen molar-refractivity contribution < 1.29 is 9.13 Å². The molecule has 20 heavy (non-hydrogen) atoms. The maximum atomic E-state index is 13.5. The molecule has 0 unspecified atom stereocenters. The van der Waals surface area contributed by atoms with Gasteiger partial charge in [0.25, 0.3) is 5.88 Å². The van der Waals surface area contributed by atoms with Gasteiger partial charge in [-0.1, -0.05) is 6.08 Å². The second-order valence-electron chi connectivity index (χ2n) is 5.78. The summed E-state index contributed by atoms with van der Waals surface area (Å²) in [5, 5.41) is 0. The van der Waals surface area contributed by atoms with Crippen LogP contribution in [-0.2, 0) is 0 Å². The van der Waals surface area contributed by atoms with Crippen molar-refractivity contribution in [1.82, 2.24) is 13.6 Å². The average molecular weight is 297 g/mol. The van der Waals surface area contributed by atoms with Crippen LogP contribution in [0, 0.1) is 0 Å². The van der Waals surface area contributed by atoms with E-state index in [-0.39, 0.29) is 0 Å². The normalized spacial score (nSPS) is 21.6. The number of likely N-dealkylation sites (N-methyl/N-ethyl adjacent to an activating group) is 1. The van der Waals surface area contributed by atoms with Crippen molar-refractivity contribution in [3.63, 3.8) is 0 Å². The molecule has 1 fully saturated rings. The summed E-state index contributed by atoms with van der Waals surface area (Å²) in [7, 11) is 2.10. The number of ether oxygens (including phenoxy) is 1. The van der Waals surface area contributed by atoms with Crippen molar-refractivity contribution in [2.45, 2.75) is 37.8 Å². The molecule has 0 saturated heterocycles. The lowest BCUT2D eigenvalue weighted by Crippen LogP contribution is -2.25. The maximum Gasteiger partial charge on any atom is 0.253 e. The van der Waals surface area contributed by atoms with Crippen LogP contribution in [0.1, 0.15) is 37.8 Å². The molecule has 0 aromatic carbocycles. The molecule has 0 N–H and O–H groups in total. The molecule has 1 aliphatic carbocycles. The fourth-order valence-electron chi connectivity index (χ4n) is 2.48. The molecule has 0 amide bonds. The second-order valence-corrected chi connectivity index (χ2v) is 6.31. The Hall–Kier alpha value is -1.01. The van der Waals surface area contributed by atoms with Crippen LogP contribution in [-0.4, -0.2) is 46.1 Å². The van der Waals surface area contributed by atoms with Crippen LogP contribution in [0.4, 0.5) is 4.39 Å². The summed E-state index contributed by atoms with van der Waals surface area (Å²) in [6.07, 6.45) is 6.03. The van der Waals surface area contributed by atoms with Crippen LogP contribution >= 0.6 is 11.7 Å². The fraction of sp³-hybridized carbons (Fsp3) is 0.714. The topological polar surface area (TPSA) is 38.2 Å². The van der Waals surface area contributed by atoms with Crippen molar-refractivity contribution in [3.05, 3.63) is 11.8 Å². The van der Waals surface area contributed by atoms with Crippen LogP contribution < -0.4 is 4.74 Å². The molecule has 1 aromatic rings. The Morgan fingerprint density at radius 1 is 1.45 bits per heavy atom. The number of halogens is 1. The first-order valence-electron chi connectivity index (χ1n) is 7.18. The molecule has 2 heterocycles. The average Bonchev–Trinajstić information content (AvgIpc) is 2.99. The molecular formula is C14H20FN3OS. The van der Waals surface area contributed by atoms with Crippen LogP contribution in [0.15, 0.2) is 6.08 Å². The molecule has 1 aromatic heterocycles. The Morgan fingerprint density at radius 3 is 3.05 bits per heavy atom. The highest BCUT2D eigenvalue weighted by Gasteiger charge is 2.42. The third kappa shape index (κ3) is 3.35. The summed E-state index contributed by atoms with van der Waals surface area (Å²) in [6, 6.07) is 0. The van der Waals surface area contributed by atoms with E-state index in [0.717, 1.165) is 44.5 Å². The summed E-state index contributed by atoms with van der Waals surface area (Å²) in [5.74, 6) is 0.611. The van der Waals surface area contributed by atoms with Gasteiger partial charge < -0.3 is 9.64 Å². The Bertz CT molecular complexity index is 498. The minimum Gasteiger partial charge on any atom is -0.475 e. The molecule has 0 atom stereocenters. The van der Waals surface area contributed by atoms with Gasteiger partial charge in [-0.2, -0.15) is 4.37 Å². The van der Waals surface area contributed by atoms with E-state index >= 15 is 0 Å². The summed E-state index contributed by atoms with van der Waals surface area (Å²) in [4.78, 5) is 2.26. The van der Waals surface area contributed by atoms with Gasteiger partial charge in [-0.15, -0.1) is 4.37 Å². The SMILES string of the molecule is CN1CCC=C(c2nsnc2OCCCC2(F)CC2)C1. The number of alkyl halides is 1. The highest BCUT2D eigenvalue weighted by molar-refractivity contribution is 6.99.